The van der Waals surface area contributed by atoms with E-state index in [0.29, 0.717) is 22.7 Å². The summed E-state index contributed by atoms with van der Waals surface area (Å²) in [5.41, 5.74) is -3.94. The third-order valence-corrected chi connectivity index (χ3v) is 10.1. The number of nitrogens with zero attached hydrogens (tertiary/aromatic N) is 6. The van der Waals surface area contributed by atoms with Crippen LogP contribution in [0.2, 0.25) is 5.02 Å². The van der Waals surface area contributed by atoms with Crippen molar-refractivity contribution in [2.45, 2.75) is 69.7 Å². The number of nitrogens with one attached hydrogen (secondary N) is 1. The van der Waals surface area contributed by atoms with E-state index in [2.05, 4.69) is 25.1 Å². The van der Waals surface area contributed by atoms with E-state index in [1.807, 2.05) is 0 Å². The number of hydrogen-bond donors (Lipinski definition) is 1. The van der Waals surface area contributed by atoms with Crippen molar-refractivity contribution in [2.24, 2.45) is 7.05 Å². The van der Waals surface area contributed by atoms with Gasteiger partial charge in [-0.25, -0.2) is 27.0 Å². The SMILES string of the molecule is CC(=O)N(c1nn(C)c2c(-n3c(C(Cc4cc(F)cc(F)c4)NC(=O)OC(C)(C)C)nc4nc(OCC(F)(F)C(F)(F)C(F)(F)C(F)(F)F)ccc4c3=O)ccc(Cl)c12)S(C)(=O)=O. The number of fused-ring (bicyclic) bond motifs is 2. The number of aromatic nitrogens is 5. The number of aryl methyl sites for hydroxylation is 1. The number of anilines is 1. The van der Waals surface area contributed by atoms with Crippen molar-refractivity contribution in [3.63, 3.8) is 0 Å². The molecule has 63 heavy (non-hydrogen) atoms. The summed E-state index contributed by atoms with van der Waals surface area (Å²) in [4.78, 5) is 48.7. The Bertz CT molecular complexity index is 2790. The molecule has 0 spiro atoms. The molecule has 0 fully saturated rings. The fourth-order valence-corrected chi connectivity index (χ4v) is 7.24. The largest absolute Gasteiger partial charge is 0.471 e. The minimum Gasteiger partial charge on any atom is -0.471 e. The van der Waals surface area contributed by atoms with Gasteiger partial charge in [-0.2, -0.15) is 53.9 Å². The van der Waals surface area contributed by atoms with Crippen LogP contribution in [0.25, 0.3) is 27.6 Å². The summed E-state index contributed by atoms with van der Waals surface area (Å²) in [6.45, 7) is 2.43. The second-order valence-electron chi connectivity index (χ2n) is 14.7. The summed E-state index contributed by atoms with van der Waals surface area (Å²) in [6, 6.07) is 4.02. The normalized spacial score (nSPS) is 13.6. The van der Waals surface area contributed by atoms with Crippen LogP contribution in [0.4, 0.5) is 58.9 Å². The van der Waals surface area contributed by atoms with Crippen LogP contribution in [0.3, 0.4) is 0 Å². The van der Waals surface area contributed by atoms with Gasteiger partial charge in [0.05, 0.1) is 39.3 Å². The van der Waals surface area contributed by atoms with Gasteiger partial charge in [-0.05, 0) is 56.7 Å². The number of hydrogen-bond acceptors (Lipinski definition) is 10. The molecule has 0 saturated carbocycles. The maximum absolute atomic E-state index is 14.7. The Labute approximate surface area is 352 Å². The molecule has 0 aliphatic carbocycles. The molecular formula is C36H31ClF11N7O7S. The highest BCUT2D eigenvalue weighted by atomic mass is 35.5. The van der Waals surface area contributed by atoms with Gasteiger partial charge < -0.3 is 14.8 Å². The van der Waals surface area contributed by atoms with Gasteiger partial charge in [0.2, 0.25) is 21.8 Å². The van der Waals surface area contributed by atoms with E-state index < -0.39 is 116 Å². The Hall–Kier alpha value is -5.79. The molecule has 1 N–H and O–H groups in total. The second-order valence-corrected chi connectivity index (χ2v) is 17.0. The Balaban J connectivity index is 1.82. The molecule has 1 unspecified atom stereocenters. The summed E-state index contributed by atoms with van der Waals surface area (Å²) in [7, 11) is -3.17. The van der Waals surface area contributed by atoms with Gasteiger partial charge in [0, 0.05) is 32.5 Å². The molecule has 27 heteroatoms. The van der Waals surface area contributed by atoms with Crippen molar-refractivity contribution < 1.29 is 75.8 Å². The minimum absolute atomic E-state index is 0.198. The maximum Gasteiger partial charge on any atom is 0.460 e. The predicted octanol–water partition coefficient (Wildman–Crippen LogP) is 7.57. The fourth-order valence-electron chi connectivity index (χ4n) is 6.10. The summed E-state index contributed by atoms with van der Waals surface area (Å²) >= 11 is 6.54. The number of benzene rings is 2. The van der Waals surface area contributed by atoms with Gasteiger partial charge in [-0.15, -0.1) is 0 Å². The number of halogens is 12. The van der Waals surface area contributed by atoms with Crippen LogP contribution in [0, 0.1) is 11.6 Å². The highest BCUT2D eigenvalue weighted by Crippen LogP contribution is 2.53. The van der Waals surface area contributed by atoms with Crippen molar-refractivity contribution in [3.05, 3.63) is 80.9 Å². The zero-order valence-corrected chi connectivity index (χ0v) is 34.6. The van der Waals surface area contributed by atoms with Crippen LogP contribution >= 0.6 is 11.6 Å². The molecule has 0 aliphatic rings. The summed E-state index contributed by atoms with van der Waals surface area (Å²) in [5, 5.41) is 5.49. The molecule has 2 aromatic carbocycles. The predicted molar refractivity (Wildman–Crippen MR) is 201 cm³/mol. The summed E-state index contributed by atoms with van der Waals surface area (Å²) < 4.78 is 189. The van der Waals surface area contributed by atoms with E-state index in [9.17, 15) is 71.1 Å². The van der Waals surface area contributed by atoms with E-state index in [1.54, 1.807) is 0 Å². The second kappa shape index (κ2) is 16.4. The van der Waals surface area contributed by atoms with Crippen molar-refractivity contribution >= 4 is 61.4 Å². The zero-order chi connectivity index (χ0) is 47.6. The van der Waals surface area contributed by atoms with Gasteiger partial charge in [-0.1, -0.05) is 11.6 Å². The first-order valence-electron chi connectivity index (χ1n) is 17.6. The quantitative estimate of drug-likeness (QED) is 0.123. The molecule has 2 amide bonds. The van der Waals surface area contributed by atoms with Crippen molar-refractivity contribution in [2.75, 3.05) is 17.2 Å². The standard InChI is InChI=1S/C36H31ClF11N7O7S/c1-16(56)55(63(6,59)60)29-25-21(37)8-9-23(26(25)53(5)52-29)54-28(22(49-31(58)62-32(2,3)4)13-17-11-18(38)14-19(39)12-17)51-27-20(30(54)57)7-10-24(50-27)61-15-33(40,41)34(42,43)35(44,45)36(46,47)48/h7-12,14,22H,13,15H2,1-6H3,(H,49,58). The number of alkyl halides is 9. The highest BCUT2D eigenvalue weighted by molar-refractivity contribution is 7.92. The Morgan fingerprint density at radius 3 is 2.06 bits per heavy atom. The van der Waals surface area contributed by atoms with E-state index in [-0.39, 0.29) is 27.2 Å². The average molecular weight is 950 g/mol. The number of ether oxygens (including phenoxy) is 2. The Morgan fingerprint density at radius 1 is 0.921 bits per heavy atom. The maximum atomic E-state index is 14.7. The van der Waals surface area contributed by atoms with E-state index in [0.717, 1.165) is 40.4 Å². The molecule has 3 heterocycles. The Kier molecular flexibility index (Phi) is 12.6. The zero-order valence-electron chi connectivity index (χ0n) is 33.0. The van der Waals surface area contributed by atoms with E-state index in [4.69, 9.17) is 16.3 Å². The first-order chi connectivity index (χ1) is 28.7. The lowest BCUT2D eigenvalue weighted by molar-refractivity contribution is -0.398. The number of amides is 2. The lowest BCUT2D eigenvalue weighted by atomic mass is 10.0. The van der Waals surface area contributed by atoms with Gasteiger partial charge in [0.15, 0.2) is 18.1 Å². The molecule has 3 aromatic heterocycles. The van der Waals surface area contributed by atoms with Gasteiger partial charge in [0.1, 0.15) is 23.1 Å². The van der Waals surface area contributed by atoms with Gasteiger partial charge in [-0.3, -0.25) is 18.8 Å². The summed E-state index contributed by atoms with van der Waals surface area (Å²) in [6.07, 6.45) is -8.32. The third kappa shape index (κ3) is 9.45. The molecule has 0 radical (unpaired) electrons. The van der Waals surface area contributed by atoms with Crippen LogP contribution in [0.15, 0.2) is 47.3 Å². The van der Waals surface area contributed by atoms with Gasteiger partial charge in [0.25, 0.3) is 5.56 Å². The Morgan fingerprint density at radius 2 is 1.52 bits per heavy atom. The van der Waals surface area contributed by atoms with Crippen LogP contribution in [-0.2, 0) is 33.0 Å². The number of sulfonamides is 1. The first-order valence-corrected chi connectivity index (χ1v) is 19.8. The van der Waals surface area contributed by atoms with Crippen molar-refractivity contribution in [1.82, 2.24) is 29.6 Å². The fraction of sp³-hybridized carbons (Fsp3) is 0.389. The van der Waals surface area contributed by atoms with Crippen molar-refractivity contribution in [1.29, 1.82) is 0 Å². The first kappa shape index (κ1) is 48.2. The molecule has 1 atom stereocenters. The smallest absolute Gasteiger partial charge is 0.460 e. The molecule has 5 rings (SSSR count). The number of carbonyl (C=O) groups excluding carboxylic acids is 2. The van der Waals surface area contributed by atoms with E-state index >= 15 is 0 Å². The minimum atomic E-state index is -7.23. The van der Waals surface area contributed by atoms with Gasteiger partial charge >= 0.3 is 30.0 Å². The highest BCUT2D eigenvalue weighted by Gasteiger charge is 2.82. The van der Waals surface area contributed by atoms with Crippen molar-refractivity contribution in [3.8, 4) is 11.6 Å². The lowest BCUT2D eigenvalue weighted by Gasteiger charge is -2.33. The number of rotatable bonds is 12. The van der Waals surface area contributed by atoms with Crippen LogP contribution in [-0.4, -0.2) is 87.1 Å². The monoisotopic (exact) mass is 949 g/mol. The topological polar surface area (TPSA) is 168 Å². The summed E-state index contributed by atoms with van der Waals surface area (Å²) in [5.74, 6) is -26.1. The molecule has 14 nitrogen and oxygen atoms in total. The molecule has 0 bridgehead atoms. The molecular weight excluding hydrogens is 919 g/mol. The van der Waals surface area contributed by atoms with Crippen LogP contribution in [0.1, 0.15) is 45.1 Å². The lowest BCUT2D eigenvalue weighted by Crippen LogP contribution is -2.62. The number of carbonyl (C=O) groups is 2. The number of alkyl carbamates (subject to hydrolysis) is 1. The molecule has 0 saturated heterocycles. The van der Waals surface area contributed by atoms with Crippen LogP contribution in [0.5, 0.6) is 5.88 Å². The third-order valence-electron chi connectivity index (χ3n) is 8.66. The molecule has 0 aliphatic heterocycles. The molecule has 5 aromatic rings. The number of pyridine rings is 1. The van der Waals surface area contributed by atoms with Crippen LogP contribution < -0.4 is 19.9 Å². The van der Waals surface area contributed by atoms with E-state index in [1.165, 1.54) is 33.9 Å². The molecule has 342 valence electrons. The average Bonchev–Trinajstić information content (AvgIpc) is 3.44.